The van der Waals surface area contributed by atoms with Crippen LogP contribution in [0.25, 0.3) is 10.3 Å². The first-order valence-electron chi connectivity index (χ1n) is 8.35. The molecule has 0 bridgehead atoms. The number of nitrogens with zero attached hydrogens (tertiary/aromatic N) is 2. The summed E-state index contributed by atoms with van der Waals surface area (Å²) in [5.74, 6) is -0.420. The molecular weight excluding hydrogens is 396 g/mol. The van der Waals surface area contributed by atoms with Crippen LogP contribution in [0.2, 0.25) is 0 Å². The largest absolute Gasteiger partial charge is 0.469 e. The van der Waals surface area contributed by atoms with Crippen molar-refractivity contribution in [3.05, 3.63) is 20.0 Å². The number of methoxy groups -OCH3 is 1. The summed E-state index contributed by atoms with van der Waals surface area (Å²) in [5.41, 5.74) is 4.63. The first-order chi connectivity index (χ1) is 12.9. The van der Waals surface area contributed by atoms with Gasteiger partial charge in [-0.2, -0.15) is 4.98 Å². The number of aliphatic hydroxyl groups excluding tert-OH is 1. The van der Waals surface area contributed by atoms with E-state index in [4.69, 9.17) is 15.2 Å². The average molecular weight is 414 g/mol. The van der Waals surface area contributed by atoms with E-state index in [1.54, 1.807) is 0 Å². The molecule has 146 valence electrons. The number of hydrogen-bond donors (Lipinski definition) is 3. The van der Waals surface area contributed by atoms with E-state index in [-0.39, 0.29) is 28.6 Å². The molecule has 4 atom stereocenters. The fourth-order valence-corrected chi connectivity index (χ4v) is 5.41. The summed E-state index contributed by atoms with van der Waals surface area (Å²) in [4.78, 5) is 42.5. The van der Waals surface area contributed by atoms with Gasteiger partial charge in [0.05, 0.1) is 24.9 Å². The van der Waals surface area contributed by atoms with Crippen LogP contribution in [0.1, 0.15) is 25.5 Å². The minimum absolute atomic E-state index is 0.0117. The van der Waals surface area contributed by atoms with Crippen molar-refractivity contribution in [3.63, 3.8) is 0 Å². The number of nitrogens with two attached hydrogens (primary N) is 1. The Balaban J connectivity index is 1.76. The van der Waals surface area contributed by atoms with Gasteiger partial charge < -0.3 is 20.3 Å². The molecule has 0 radical (unpaired) electrons. The lowest BCUT2D eigenvalue weighted by Gasteiger charge is -2.19. The van der Waals surface area contributed by atoms with Crippen LogP contribution in [0, 0.1) is 5.92 Å². The van der Waals surface area contributed by atoms with Gasteiger partial charge in [-0.3, -0.25) is 23.9 Å². The van der Waals surface area contributed by atoms with Crippen molar-refractivity contribution in [1.29, 1.82) is 0 Å². The van der Waals surface area contributed by atoms with E-state index in [1.807, 2.05) is 0 Å². The third-order valence-electron chi connectivity index (χ3n) is 4.63. The van der Waals surface area contributed by atoms with Crippen molar-refractivity contribution < 1.29 is 19.4 Å². The molecule has 4 unspecified atom stereocenters. The molecular formula is C15H18N4O6S2. The molecule has 12 heteroatoms. The predicted molar refractivity (Wildman–Crippen MR) is 99.6 cm³/mol. The van der Waals surface area contributed by atoms with Crippen LogP contribution in [-0.4, -0.2) is 49.5 Å². The summed E-state index contributed by atoms with van der Waals surface area (Å²) in [6, 6.07) is 0. The topological polar surface area (TPSA) is 150 Å². The van der Waals surface area contributed by atoms with Crippen molar-refractivity contribution in [3.8, 4) is 0 Å². The molecule has 2 aromatic heterocycles. The lowest BCUT2D eigenvalue weighted by Crippen LogP contribution is -2.30. The van der Waals surface area contributed by atoms with E-state index in [0.29, 0.717) is 0 Å². The number of ether oxygens (including phenoxy) is 2. The second kappa shape index (κ2) is 6.93. The molecule has 27 heavy (non-hydrogen) atoms. The molecule has 4 rings (SSSR count). The lowest BCUT2D eigenvalue weighted by molar-refractivity contribution is -0.141. The molecule has 0 aromatic carbocycles. The number of thioether (sulfide) groups is 1. The molecule has 0 amide bonds. The lowest BCUT2D eigenvalue weighted by atomic mass is 10.2. The number of nitrogens with one attached hydrogen (secondary N) is 1. The van der Waals surface area contributed by atoms with E-state index in [9.17, 15) is 19.5 Å². The van der Waals surface area contributed by atoms with Crippen LogP contribution >= 0.6 is 23.1 Å². The average Bonchev–Trinajstić information content (AvgIpc) is 3.32. The summed E-state index contributed by atoms with van der Waals surface area (Å²) < 4.78 is 12.1. The summed E-state index contributed by atoms with van der Waals surface area (Å²) in [7, 11) is 1.28. The highest BCUT2D eigenvalue weighted by Gasteiger charge is 2.47. The molecule has 0 spiro atoms. The number of fused-ring (bicyclic) bond motifs is 1. The van der Waals surface area contributed by atoms with Gasteiger partial charge in [-0.1, -0.05) is 11.3 Å². The zero-order valence-corrected chi connectivity index (χ0v) is 15.9. The number of H-pyrrole nitrogens is 1. The van der Waals surface area contributed by atoms with Crippen LogP contribution in [-0.2, 0) is 14.3 Å². The van der Waals surface area contributed by atoms with Crippen LogP contribution in [0.15, 0.2) is 9.59 Å². The van der Waals surface area contributed by atoms with Gasteiger partial charge >= 0.3 is 10.8 Å². The molecule has 1 saturated heterocycles. The van der Waals surface area contributed by atoms with Gasteiger partial charge in [0.2, 0.25) is 5.95 Å². The quantitative estimate of drug-likeness (QED) is 0.575. The number of anilines is 1. The van der Waals surface area contributed by atoms with Crippen LogP contribution in [0.4, 0.5) is 5.95 Å². The highest BCUT2D eigenvalue weighted by molar-refractivity contribution is 8.00. The Hall–Kier alpha value is -1.89. The van der Waals surface area contributed by atoms with Gasteiger partial charge in [0.1, 0.15) is 10.1 Å². The Morgan fingerprint density at radius 2 is 2.26 bits per heavy atom. The number of aromatic nitrogens is 3. The maximum absolute atomic E-state index is 12.6. The highest BCUT2D eigenvalue weighted by Crippen LogP contribution is 2.47. The van der Waals surface area contributed by atoms with E-state index >= 15 is 0 Å². The summed E-state index contributed by atoms with van der Waals surface area (Å²) >= 11 is 2.02. The minimum atomic E-state index is -0.873. The fraction of sp³-hybridized carbons (Fsp3) is 0.600. The SMILES string of the molecule is COC(=O)CC1SC(C(O)C2CC2)OC1n1c(=O)sc2c(=O)[nH]c(N)nc21. The molecule has 10 nitrogen and oxygen atoms in total. The molecule has 2 aromatic rings. The van der Waals surface area contributed by atoms with E-state index < -0.39 is 39.4 Å². The number of thiazole rings is 1. The number of carbonyl (C=O) groups is 1. The predicted octanol–water partition coefficient (Wildman–Crippen LogP) is 0.0192. The third kappa shape index (κ3) is 3.37. The Labute approximate surface area is 160 Å². The number of aromatic amines is 1. The standard InChI is InChI=1S/C15H18N4O6S2/c1-24-7(20)4-6-12(25-13(26-6)8(21)5-2-3-5)19-10-9(27-15(19)23)11(22)18-14(16)17-10/h5-6,8,12-13,21H,2-4H2,1H3,(H3,16,17,18,22). The number of rotatable bonds is 5. The van der Waals surface area contributed by atoms with Crippen molar-refractivity contribution in [2.75, 3.05) is 12.8 Å². The van der Waals surface area contributed by atoms with Gasteiger partial charge in [-0.25, -0.2) is 0 Å². The van der Waals surface area contributed by atoms with Crippen LogP contribution < -0.4 is 16.2 Å². The van der Waals surface area contributed by atoms with Crippen molar-refractivity contribution in [1.82, 2.24) is 14.5 Å². The Bertz CT molecular complexity index is 996. The molecule has 4 N–H and O–H groups in total. The maximum Gasteiger partial charge on any atom is 0.311 e. The summed E-state index contributed by atoms with van der Waals surface area (Å²) in [6.07, 6.45) is 0.262. The summed E-state index contributed by atoms with van der Waals surface area (Å²) in [6.45, 7) is 0. The molecule has 3 heterocycles. The van der Waals surface area contributed by atoms with E-state index in [0.717, 1.165) is 24.2 Å². The third-order valence-corrected chi connectivity index (χ3v) is 6.98. The Morgan fingerprint density at radius 1 is 1.52 bits per heavy atom. The van der Waals surface area contributed by atoms with Gasteiger partial charge in [0.15, 0.2) is 11.9 Å². The van der Waals surface area contributed by atoms with Gasteiger partial charge in [-0.15, -0.1) is 11.8 Å². The molecule has 1 aliphatic carbocycles. The molecule has 1 saturated carbocycles. The second-order valence-electron chi connectivity index (χ2n) is 6.52. The molecule has 1 aliphatic heterocycles. The summed E-state index contributed by atoms with van der Waals surface area (Å²) in [5, 5.41) is 9.97. The van der Waals surface area contributed by atoms with Gasteiger partial charge in [0.25, 0.3) is 5.56 Å². The first kappa shape index (κ1) is 18.5. The number of carbonyl (C=O) groups excluding carboxylic acids is 1. The Kier molecular flexibility index (Phi) is 4.74. The minimum Gasteiger partial charge on any atom is -0.469 e. The number of hydrogen-bond acceptors (Lipinski definition) is 10. The zero-order valence-electron chi connectivity index (χ0n) is 14.3. The van der Waals surface area contributed by atoms with Crippen molar-refractivity contribution in [2.45, 2.75) is 42.3 Å². The second-order valence-corrected chi connectivity index (χ2v) is 8.82. The fourth-order valence-electron chi connectivity index (χ4n) is 3.11. The zero-order chi connectivity index (χ0) is 19.3. The smallest absolute Gasteiger partial charge is 0.311 e. The van der Waals surface area contributed by atoms with Crippen LogP contribution in [0.3, 0.4) is 0 Å². The van der Waals surface area contributed by atoms with Gasteiger partial charge in [-0.05, 0) is 18.8 Å². The highest BCUT2D eigenvalue weighted by atomic mass is 32.2. The molecule has 2 fully saturated rings. The van der Waals surface area contributed by atoms with E-state index in [2.05, 4.69) is 9.97 Å². The maximum atomic E-state index is 12.6. The van der Waals surface area contributed by atoms with E-state index in [1.165, 1.54) is 23.4 Å². The number of esters is 1. The molecule has 2 aliphatic rings. The first-order valence-corrected chi connectivity index (χ1v) is 10.1. The van der Waals surface area contributed by atoms with Gasteiger partial charge in [0, 0.05) is 0 Å². The van der Waals surface area contributed by atoms with Crippen molar-refractivity contribution in [2.24, 2.45) is 5.92 Å². The van der Waals surface area contributed by atoms with Crippen molar-refractivity contribution >= 4 is 45.4 Å². The number of nitrogen functional groups attached to an aromatic ring is 1. The Morgan fingerprint density at radius 3 is 2.93 bits per heavy atom. The van der Waals surface area contributed by atoms with Crippen LogP contribution in [0.5, 0.6) is 0 Å². The monoisotopic (exact) mass is 414 g/mol. The normalized spacial score (nSPS) is 26.4. The number of aliphatic hydroxyl groups is 1.